The second kappa shape index (κ2) is 1.98. The quantitative estimate of drug-likeness (QED) is 0.515. The molecule has 4 nitrogen and oxygen atoms in total. The number of hydrogen-bond acceptors (Lipinski definition) is 4. The van der Waals surface area contributed by atoms with Gasteiger partial charge >= 0.3 is 0 Å². The normalized spacial score (nSPS) is 20.0. The smallest absolute Gasteiger partial charge is 0.133 e. The van der Waals surface area contributed by atoms with E-state index in [2.05, 4.69) is 15.5 Å². The molecule has 0 radical (unpaired) electrons. The van der Waals surface area contributed by atoms with E-state index in [1.54, 1.807) is 23.8 Å². The van der Waals surface area contributed by atoms with Crippen molar-refractivity contribution in [2.24, 2.45) is 10.1 Å². The first-order valence-corrected chi connectivity index (χ1v) is 2.94. The first-order valence-electron chi connectivity index (χ1n) is 2.94. The summed E-state index contributed by atoms with van der Waals surface area (Å²) in [6.07, 6.45) is 8.84. The fourth-order valence-corrected chi connectivity index (χ4v) is 0.787. The highest BCUT2D eigenvalue weighted by atomic mass is 15.5. The van der Waals surface area contributed by atoms with Crippen molar-refractivity contribution in [1.82, 2.24) is 10.3 Å². The van der Waals surface area contributed by atoms with Crippen LogP contribution in [-0.4, -0.2) is 17.6 Å². The van der Waals surface area contributed by atoms with Crippen molar-refractivity contribution in [1.29, 1.82) is 0 Å². The Morgan fingerprint density at radius 2 is 2.40 bits per heavy atom. The molecule has 4 heteroatoms. The van der Waals surface area contributed by atoms with Gasteiger partial charge in [0, 0.05) is 6.20 Å². The molecular formula is C6H6N4. The zero-order valence-corrected chi connectivity index (χ0v) is 5.23. The molecule has 0 spiro atoms. The molecular weight excluding hydrogens is 128 g/mol. The Balaban J connectivity index is 2.35. The van der Waals surface area contributed by atoms with E-state index in [0.717, 1.165) is 5.82 Å². The lowest BCUT2D eigenvalue weighted by Gasteiger charge is -2.05. The van der Waals surface area contributed by atoms with Crippen molar-refractivity contribution >= 4 is 12.7 Å². The van der Waals surface area contributed by atoms with Crippen LogP contribution in [0.3, 0.4) is 0 Å². The molecule has 2 aliphatic rings. The van der Waals surface area contributed by atoms with Crippen LogP contribution < -0.4 is 5.43 Å². The Bertz CT molecular complexity index is 248. The van der Waals surface area contributed by atoms with Gasteiger partial charge in [-0.25, -0.2) is 4.99 Å². The maximum Gasteiger partial charge on any atom is 0.133 e. The predicted molar refractivity (Wildman–Crippen MR) is 39.2 cm³/mol. The summed E-state index contributed by atoms with van der Waals surface area (Å²) in [6.45, 7) is 0. The minimum Gasteiger partial charge on any atom is -0.274 e. The lowest BCUT2D eigenvalue weighted by Crippen LogP contribution is -2.18. The van der Waals surface area contributed by atoms with E-state index in [0.29, 0.717) is 0 Å². The molecule has 0 aromatic rings. The van der Waals surface area contributed by atoms with Crippen LogP contribution >= 0.6 is 0 Å². The number of hydrogen-bond donors (Lipinski definition) is 1. The van der Waals surface area contributed by atoms with Crippen LogP contribution in [0.25, 0.3) is 0 Å². The second-order valence-corrected chi connectivity index (χ2v) is 1.92. The largest absolute Gasteiger partial charge is 0.274 e. The Labute approximate surface area is 58.2 Å². The molecule has 0 saturated heterocycles. The lowest BCUT2D eigenvalue weighted by atomic mass is 10.5. The van der Waals surface area contributed by atoms with Crippen LogP contribution in [0, 0.1) is 0 Å². The van der Waals surface area contributed by atoms with Crippen LogP contribution in [-0.2, 0) is 0 Å². The molecule has 0 amide bonds. The molecule has 50 valence electrons. The average molecular weight is 134 g/mol. The maximum atomic E-state index is 3.95. The summed E-state index contributed by atoms with van der Waals surface area (Å²) < 4.78 is 0. The molecule has 1 N–H and O–H groups in total. The topological polar surface area (TPSA) is 40.0 Å². The van der Waals surface area contributed by atoms with E-state index in [-0.39, 0.29) is 0 Å². The molecule has 0 unspecified atom stereocenters. The molecule has 2 rings (SSSR count). The Kier molecular flexibility index (Phi) is 1.04. The van der Waals surface area contributed by atoms with Gasteiger partial charge in [-0.05, 0) is 12.2 Å². The number of fused-ring (bicyclic) bond motifs is 1. The third-order valence-electron chi connectivity index (χ3n) is 1.26. The minimum absolute atomic E-state index is 0.928. The van der Waals surface area contributed by atoms with Gasteiger partial charge in [0.05, 0.1) is 0 Å². The summed E-state index contributed by atoms with van der Waals surface area (Å²) in [4.78, 5) is 5.76. The van der Waals surface area contributed by atoms with Gasteiger partial charge in [0.2, 0.25) is 0 Å². The van der Waals surface area contributed by atoms with Crippen molar-refractivity contribution < 1.29 is 0 Å². The SMILES string of the molecule is C1=CN=CN2C=NNC2=C1. The van der Waals surface area contributed by atoms with Gasteiger partial charge in [0.25, 0.3) is 0 Å². The Morgan fingerprint density at radius 1 is 1.40 bits per heavy atom. The van der Waals surface area contributed by atoms with Gasteiger partial charge in [0.15, 0.2) is 0 Å². The van der Waals surface area contributed by atoms with Crippen LogP contribution in [0.15, 0.2) is 34.3 Å². The van der Waals surface area contributed by atoms with Crippen molar-refractivity contribution in [3.8, 4) is 0 Å². The fourth-order valence-electron chi connectivity index (χ4n) is 0.787. The van der Waals surface area contributed by atoms with Crippen molar-refractivity contribution in [2.45, 2.75) is 0 Å². The third kappa shape index (κ3) is 0.699. The second-order valence-electron chi connectivity index (χ2n) is 1.92. The molecule has 0 aromatic carbocycles. The highest BCUT2D eigenvalue weighted by molar-refractivity contribution is 5.80. The molecule has 10 heavy (non-hydrogen) atoms. The van der Waals surface area contributed by atoms with Crippen LogP contribution in [0.5, 0.6) is 0 Å². The highest BCUT2D eigenvalue weighted by Crippen LogP contribution is 2.03. The molecule has 2 aliphatic heterocycles. The summed E-state index contributed by atoms with van der Waals surface area (Å²) in [5.74, 6) is 0.928. The summed E-state index contributed by atoms with van der Waals surface area (Å²) in [5, 5.41) is 3.83. The molecule has 0 aliphatic carbocycles. The van der Waals surface area contributed by atoms with Gasteiger partial charge in [-0.1, -0.05) is 0 Å². The first-order chi connectivity index (χ1) is 4.97. The number of rotatable bonds is 0. The van der Waals surface area contributed by atoms with Crippen LogP contribution in [0.4, 0.5) is 0 Å². The molecule has 2 heterocycles. The van der Waals surface area contributed by atoms with Crippen molar-refractivity contribution in [2.75, 3.05) is 0 Å². The predicted octanol–water partition coefficient (Wildman–Crippen LogP) is 0.232. The fraction of sp³-hybridized carbons (Fsp3) is 0. The molecule has 0 atom stereocenters. The molecule has 0 fully saturated rings. The third-order valence-corrected chi connectivity index (χ3v) is 1.26. The zero-order valence-electron chi connectivity index (χ0n) is 5.23. The van der Waals surface area contributed by atoms with Crippen molar-refractivity contribution in [3.63, 3.8) is 0 Å². The van der Waals surface area contributed by atoms with Crippen LogP contribution in [0.2, 0.25) is 0 Å². The van der Waals surface area contributed by atoms with Gasteiger partial charge in [0.1, 0.15) is 18.5 Å². The number of nitrogens with zero attached hydrogens (tertiary/aromatic N) is 3. The van der Waals surface area contributed by atoms with Gasteiger partial charge in [-0.3, -0.25) is 10.3 Å². The number of aliphatic imine (C=N–C) groups is 1. The number of nitrogens with one attached hydrogen (secondary N) is 1. The number of hydrazone groups is 1. The van der Waals surface area contributed by atoms with Crippen molar-refractivity contribution in [3.05, 3.63) is 24.2 Å². The van der Waals surface area contributed by atoms with E-state index < -0.39 is 0 Å². The summed E-state index contributed by atoms with van der Waals surface area (Å²) in [6, 6.07) is 0. The van der Waals surface area contributed by atoms with E-state index >= 15 is 0 Å². The zero-order chi connectivity index (χ0) is 6.81. The Hall–Kier alpha value is -1.58. The number of allylic oxidation sites excluding steroid dienone is 2. The van der Waals surface area contributed by atoms with Gasteiger partial charge < -0.3 is 0 Å². The van der Waals surface area contributed by atoms with E-state index in [9.17, 15) is 0 Å². The lowest BCUT2D eigenvalue weighted by molar-refractivity contribution is 0.743. The maximum absolute atomic E-state index is 3.95. The monoisotopic (exact) mass is 134 g/mol. The summed E-state index contributed by atoms with van der Waals surface area (Å²) in [5.41, 5.74) is 2.81. The molecule has 0 bridgehead atoms. The minimum atomic E-state index is 0.928. The summed E-state index contributed by atoms with van der Waals surface area (Å²) >= 11 is 0. The summed E-state index contributed by atoms with van der Waals surface area (Å²) in [7, 11) is 0. The molecule has 0 saturated carbocycles. The van der Waals surface area contributed by atoms with E-state index in [1.165, 1.54) is 0 Å². The van der Waals surface area contributed by atoms with E-state index in [4.69, 9.17) is 0 Å². The van der Waals surface area contributed by atoms with Gasteiger partial charge in [-0.2, -0.15) is 5.10 Å². The average Bonchev–Trinajstić information content (AvgIpc) is 2.28. The highest BCUT2D eigenvalue weighted by Gasteiger charge is 2.08. The van der Waals surface area contributed by atoms with E-state index in [1.807, 2.05) is 12.2 Å². The molecule has 0 aromatic heterocycles. The van der Waals surface area contributed by atoms with Crippen LogP contribution in [0.1, 0.15) is 0 Å². The van der Waals surface area contributed by atoms with Gasteiger partial charge in [-0.15, -0.1) is 0 Å². The first kappa shape index (κ1) is 5.22. The standard InChI is InChI=1S/C6H6N4/c1-2-6-9-8-5-10(6)4-7-3-1/h1-5,9H. The Morgan fingerprint density at radius 3 is 3.40 bits per heavy atom.